The van der Waals surface area contributed by atoms with E-state index in [0.717, 1.165) is 32.6 Å². The fourth-order valence-corrected chi connectivity index (χ4v) is 3.37. The van der Waals surface area contributed by atoms with Crippen LogP contribution >= 0.6 is 40.3 Å². The summed E-state index contributed by atoms with van der Waals surface area (Å²) in [6.07, 6.45) is 0.560. The van der Waals surface area contributed by atoms with Gasteiger partial charge in [0.1, 0.15) is 5.40 Å². The van der Waals surface area contributed by atoms with E-state index in [2.05, 4.69) is 28.6 Å². The summed E-state index contributed by atoms with van der Waals surface area (Å²) in [5, 5.41) is 10.7. The molecule has 0 aliphatic carbocycles. The average Bonchev–Trinajstić information content (AvgIpc) is 2.71. The molecule has 1 unspecified atom stereocenters. The Morgan fingerprint density at radius 1 is 1.61 bits per heavy atom. The lowest BCUT2D eigenvalue weighted by molar-refractivity contribution is -0.117. The molecule has 18 heavy (non-hydrogen) atoms. The van der Waals surface area contributed by atoms with E-state index in [1.54, 1.807) is 4.90 Å². The molecule has 1 aliphatic heterocycles. The molecule has 2 rings (SSSR count). The molecule has 0 N–H and O–H groups in total. The number of thiocyanates is 1. The Morgan fingerprint density at radius 3 is 2.94 bits per heavy atom. The molecule has 1 amide bonds. The van der Waals surface area contributed by atoms with Crippen LogP contribution < -0.4 is 4.90 Å². The van der Waals surface area contributed by atoms with Gasteiger partial charge in [-0.3, -0.25) is 4.79 Å². The first kappa shape index (κ1) is 13.8. The minimum Gasteiger partial charge on any atom is -0.311 e. The Morgan fingerprint density at radius 2 is 2.39 bits per heavy atom. The second kappa shape index (κ2) is 6.00. The van der Waals surface area contributed by atoms with Gasteiger partial charge in [0, 0.05) is 22.3 Å². The normalized spacial score (nSPS) is 19.1. The Balaban J connectivity index is 2.24. The first-order valence-electron chi connectivity index (χ1n) is 5.42. The number of halogens is 1. The highest BCUT2D eigenvalue weighted by molar-refractivity contribution is 9.10. The van der Waals surface area contributed by atoms with Crippen LogP contribution in [0.5, 0.6) is 0 Å². The number of thiol groups is 1. The minimum atomic E-state index is 0.135. The third-order valence-corrected chi connectivity index (χ3v) is 4.57. The van der Waals surface area contributed by atoms with Crippen molar-refractivity contribution in [3.05, 3.63) is 22.7 Å². The zero-order chi connectivity index (χ0) is 13.1. The molecule has 94 valence electrons. The van der Waals surface area contributed by atoms with Crippen molar-refractivity contribution in [1.82, 2.24) is 0 Å². The van der Waals surface area contributed by atoms with Crippen molar-refractivity contribution in [2.75, 3.05) is 17.2 Å². The number of carbonyl (C=O) groups excluding carboxylic acids is 1. The summed E-state index contributed by atoms with van der Waals surface area (Å²) < 4.78 is 0.843. The van der Waals surface area contributed by atoms with Crippen LogP contribution in [-0.4, -0.2) is 18.2 Å². The standard InChI is InChI=1S/C12H11BrN2OS2/c13-10-4-9(18-7-14)1-2-11(10)15-5-8(6-17)3-12(15)16/h1-2,4,8,17H,3,5-6H2. The molecule has 0 saturated carbocycles. The van der Waals surface area contributed by atoms with Crippen molar-refractivity contribution in [3.8, 4) is 5.40 Å². The van der Waals surface area contributed by atoms with Gasteiger partial charge in [-0.15, -0.1) is 0 Å². The van der Waals surface area contributed by atoms with Crippen molar-refractivity contribution in [2.45, 2.75) is 11.3 Å². The fraction of sp³-hybridized carbons (Fsp3) is 0.333. The maximum absolute atomic E-state index is 11.9. The molecule has 1 fully saturated rings. The molecule has 0 bridgehead atoms. The van der Waals surface area contributed by atoms with Gasteiger partial charge >= 0.3 is 0 Å². The molecule has 1 heterocycles. The van der Waals surface area contributed by atoms with Crippen LogP contribution in [0.4, 0.5) is 5.69 Å². The summed E-state index contributed by atoms with van der Waals surface area (Å²) in [4.78, 5) is 14.6. The maximum atomic E-state index is 11.9. The molecule has 1 atom stereocenters. The number of hydrogen-bond donors (Lipinski definition) is 1. The van der Waals surface area contributed by atoms with Gasteiger partial charge in [-0.25, -0.2) is 0 Å². The predicted molar refractivity (Wildman–Crippen MR) is 79.9 cm³/mol. The maximum Gasteiger partial charge on any atom is 0.227 e. The molecule has 0 radical (unpaired) electrons. The van der Waals surface area contributed by atoms with Crippen LogP contribution in [0.2, 0.25) is 0 Å². The van der Waals surface area contributed by atoms with E-state index in [1.165, 1.54) is 0 Å². The molecule has 1 aromatic rings. The van der Waals surface area contributed by atoms with E-state index in [-0.39, 0.29) is 5.91 Å². The van der Waals surface area contributed by atoms with Crippen LogP contribution in [0, 0.1) is 16.6 Å². The van der Waals surface area contributed by atoms with Crippen LogP contribution in [0.25, 0.3) is 0 Å². The van der Waals surface area contributed by atoms with Crippen LogP contribution in [0.3, 0.4) is 0 Å². The third-order valence-electron chi connectivity index (χ3n) is 2.84. The lowest BCUT2D eigenvalue weighted by atomic mass is 10.1. The van der Waals surface area contributed by atoms with Crippen molar-refractivity contribution < 1.29 is 4.79 Å². The van der Waals surface area contributed by atoms with Crippen molar-refractivity contribution >= 4 is 51.9 Å². The number of benzene rings is 1. The Bertz CT molecular complexity index is 515. The zero-order valence-corrected chi connectivity index (χ0v) is 12.8. The number of nitriles is 1. The topological polar surface area (TPSA) is 44.1 Å². The van der Waals surface area contributed by atoms with Crippen molar-refractivity contribution in [1.29, 1.82) is 5.26 Å². The van der Waals surface area contributed by atoms with E-state index in [9.17, 15) is 4.79 Å². The first-order chi connectivity index (χ1) is 8.65. The highest BCUT2D eigenvalue weighted by Gasteiger charge is 2.30. The minimum absolute atomic E-state index is 0.135. The molecular formula is C12H11BrN2OS2. The molecule has 0 aromatic heterocycles. The zero-order valence-electron chi connectivity index (χ0n) is 9.47. The quantitative estimate of drug-likeness (QED) is 0.520. The second-order valence-corrected chi connectivity index (χ2v) is 6.14. The molecule has 0 spiro atoms. The highest BCUT2D eigenvalue weighted by atomic mass is 79.9. The Hall–Kier alpha value is -0.640. The van der Waals surface area contributed by atoms with Crippen molar-refractivity contribution in [2.24, 2.45) is 5.92 Å². The fourth-order valence-electron chi connectivity index (χ4n) is 1.96. The predicted octanol–water partition coefficient (Wildman–Crippen LogP) is 3.30. The smallest absolute Gasteiger partial charge is 0.227 e. The Labute approximate surface area is 124 Å². The number of hydrogen-bond acceptors (Lipinski definition) is 4. The summed E-state index contributed by atoms with van der Waals surface area (Å²) in [5.41, 5.74) is 0.867. The van der Waals surface area contributed by atoms with Crippen LogP contribution in [0.15, 0.2) is 27.6 Å². The number of amides is 1. The molecule has 3 nitrogen and oxygen atoms in total. The van der Waals surface area contributed by atoms with Gasteiger partial charge in [0.15, 0.2) is 0 Å². The summed E-state index contributed by atoms with van der Waals surface area (Å²) in [7, 11) is 0. The number of rotatable bonds is 3. The first-order valence-corrected chi connectivity index (χ1v) is 7.66. The number of carbonyl (C=O) groups is 1. The van der Waals surface area contributed by atoms with Crippen LogP contribution in [0.1, 0.15) is 6.42 Å². The molecule has 1 aromatic carbocycles. The van der Waals surface area contributed by atoms with E-state index >= 15 is 0 Å². The lowest BCUT2D eigenvalue weighted by Gasteiger charge is -2.18. The number of thioether (sulfide) groups is 1. The van der Waals surface area contributed by atoms with Crippen LogP contribution in [-0.2, 0) is 4.79 Å². The SMILES string of the molecule is N#CSc1ccc(N2CC(CS)CC2=O)c(Br)c1. The van der Waals surface area contributed by atoms with Gasteiger partial charge in [0.05, 0.1) is 5.69 Å². The molecular weight excluding hydrogens is 332 g/mol. The van der Waals surface area contributed by atoms with Gasteiger partial charge in [-0.1, -0.05) is 0 Å². The average molecular weight is 343 g/mol. The summed E-state index contributed by atoms with van der Waals surface area (Å²) in [5.74, 6) is 1.18. The van der Waals surface area contributed by atoms with Crippen molar-refractivity contribution in [3.63, 3.8) is 0 Å². The summed E-state index contributed by atoms with van der Waals surface area (Å²) >= 11 is 8.82. The molecule has 1 saturated heterocycles. The van der Waals surface area contributed by atoms with Gasteiger partial charge in [-0.05, 0) is 57.6 Å². The van der Waals surface area contributed by atoms with E-state index in [4.69, 9.17) is 5.26 Å². The van der Waals surface area contributed by atoms with Gasteiger partial charge < -0.3 is 4.90 Å². The van der Waals surface area contributed by atoms with Gasteiger partial charge in [0.2, 0.25) is 5.91 Å². The van der Waals surface area contributed by atoms with E-state index in [1.807, 2.05) is 23.6 Å². The largest absolute Gasteiger partial charge is 0.311 e. The monoisotopic (exact) mass is 342 g/mol. The van der Waals surface area contributed by atoms with Gasteiger partial charge in [-0.2, -0.15) is 17.9 Å². The van der Waals surface area contributed by atoms with E-state index in [0.29, 0.717) is 18.9 Å². The summed E-state index contributed by atoms with van der Waals surface area (Å²) in [6, 6.07) is 5.60. The number of nitrogens with zero attached hydrogens (tertiary/aromatic N) is 2. The third kappa shape index (κ3) is 2.85. The summed E-state index contributed by atoms with van der Waals surface area (Å²) in [6.45, 7) is 0.714. The number of anilines is 1. The molecule has 1 aliphatic rings. The highest BCUT2D eigenvalue weighted by Crippen LogP contribution is 2.34. The molecule has 6 heteroatoms. The lowest BCUT2D eigenvalue weighted by Crippen LogP contribution is -2.25. The Kier molecular flexibility index (Phi) is 4.60. The van der Waals surface area contributed by atoms with E-state index < -0.39 is 0 Å². The second-order valence-electron chi connectivity index (χ2n) is 4.06. The van der Waals surface area contributed by atoms with Gasteiger partial charge in [0.25, 0.3) is 0 Å².